The van der Waals surface area contributed by atoms with Crippen LogP contribution in [0.1, 0.15) is 41.6 Å². The van der Waals surface area contributed by atoms with Gasteiger partial charge in [-0.05, 0) is 82.0 Å². The molecule has 0 radical (unpaired) electrons. The van der Waals surface area contributed by atoms with Crippen LogP contribution >= 0.6 is 0 Å². The SMILES string of the molecule is C#CCCCCc1c(S(=O)(=NS(=O)(=O)c2ccc(C)cc2)c2ccc(C)cc2)nnn1-c1ccc2c(C)cc(=O)oc2c1. The number of terminal acetylenes is 1. The lowest BCUT2D eigenvalue weighted by Gasteiger charge is -2.13. The molecule has 0 saturated carbocycles. The predicted molar refractivity (Wildman–Crippen MR) is 165 cm³/mol. The summed E-state index contributed by atoms with van der Waals surface area (Å²) in [6, 6.07) is 19.5. The lowest BCUT2D eigenvalue weighted by molar-refractivity contribution is 0.559. The molecule has 2 aromatic heterocycles. The number of benzene rings is 3. The second-order valence-corrected chi connectivity index (χ2v) is 14.2. The van der Waals surface area contributed by atoms with Crippen molar-refractivity contribution in [3.63, 3.8) is 0 Å². The van der Waals surface area contributed by atoms with E-state index < -0.39 is 25.4 Å². The Bertz CT molecular complexity index is 2150. The zero-order valence-corrected chi connectivity index (χ0v) is 25.6. The molecular formula is C32H30N4O5S2. The van der Waals surface area contributed by atoms with Crippen molar-refractivity contribution in [2.75, 3.05) is 0 Å². The number of hydrogen-bond acceptors (Lipinski definition) is 7. The second kappa shape index (κ2) is 12.0. The molecule has 0 bridgehead atoms. The van der Waals surface area contributed by atoms with E-state index in [1.54, 1.807) is 54.6 Å². The molecule has 43 heavy (non-hydrogen) atoms. The van der Waals surface area contributed by atoms with Crippen LogP contribution in [0.25, 0.3) is 16.7 Å². The summed E-state index contributed by atoms with van der Waals surface area (Å²) >= 11 is 0. The summed E-state index contributed by atoms with van der Waals surface area (Å²) in [5.74, 6) is 2.62. The van der Waals surface area contributed by atoms with E-state index in [4.69, 9.17) is 10.8 Å². The largest absolute Gasteiger partial charge is 0.423 e. The first-order chi connectivity index (χ1) is 20.5. The normalized spacial score (nSPS) is 13.0. The van der Waals surface area contributed by atoms with Crippen LogP contribution in [-0.4, -0.2) is 27.6 Å². The Hall–Kier alpha value is -4.53. The van der Waals surface area contributed by atoms with Crippen LogP contribution in [-0.2, 0) is 26.2 Å². The highest BCUT2D eigenvalue weighted by Crippen LogP contribution is 2.31. The lowest BCUT2D eigenvalue weighted by Crippen LogP contribution is -2.12. The van der Waals surface area contributed by atoms with Gasteiger partial charge in [-0.1, -0.05) is 44.4 Å². The van der Waals surface area contributed by atoms with E-state index in [1.165, 1.54) is 22.9 Å². The Morgan fingerprint density at radius 1 is 0.884 bits per heavy atom. The van der Waals surface area contributed by atoms with Crippen molar-refractivity contribution in [3.8, 4) is 18.0 Å². The third-order valence-electron chi connectivity index (χ3n) is 7.02. The molecule has 3 aromatic carbocycles. The van der Waals surface area contributed by atoms with Gasteiger partial charge in [0.25, 0.3) is 10.0 Å². The van der Waals surface area contributed by atoms with Crippen LogP contribution in [0.3, 0.4) is 0 Å². The van der Waals surface area contributed by atoms with Crippen molar-refractivity contribution in [2.24, 2.45) is 3.77 Å². The van der Waals surface area contributed by atoms with Crippen molar-refractivity contribution < 1.29 is 17.0 Å². The van der Waals surface area contributed by atoms with Gasteiger partial charge in [0.15, 0.2) is 5.03 Å². The Labute approximate surface area is 250 Å². The Morgan fingerprint density at radius 3 is 2.19 bits per heavy atom. The van der Waals surface area contributed by atoms with Gasteiger partial charge in [0.2, 0.25) is 0 Å². The average molecular weight is 615 g/mol. The summed E-state index contributed by atoms with van der Waals surface area (Å²) in [4.78, 5) is 12.2. The molecule has 9 nitrogen and oxygen atoms in total. The van der Waals surface area contributed by atoms with Crippen LogP contribution < -0.4 is 5.63 Å². The van der Waals surface area contributed by atoms with Crippen LogP contribution in [0, 0.1) is 33.1 Å². The molecular weight excluding hydrogens is 585 g/mol. The highest BCUT2D eigenvalue weighted by Gasteiger charge is 2.30. The van der Waals surface area contributed by atoms with E-state index in [1.807, 2.05) is 20.8 Å². The quantitative estimate of drug-likeness (QED) is 0.115. The van der Waals surface area contributed by atoms with Gasteiger partial charge >= 0.3 is 5.63 Å². The Morgan fingerprint density at radius 2 is 1.53 bits per heavy atom. The lowest BCUT2D eigenvalue weighted by atomic mass is 10.1. The zero-order valence-electron chi connectivity index (χ0n) is 24.0. The van der Waals surface area contributed by atoms with E-state index in [9.17, 15) is 13.2 Å². The summed E-state index contributed by atoms with van der Waals surface area (Å²) in [6.45, 7) is 5.53. The number of fused-ring (bicyclic) bond motifs is 1. The fourth-order valence-electron chi connectivity index (χ4n) is 4.69. The van der Waals surface area contributed by atoms with Crippen molar-refractivity contribution in [2.45, 2.75) is 61.3 Å². The van der Waals surface area contributed by atoms with E-state index in [2.05, 4.69) is 20.0 Å². The molecule has 5 aromatic rings. The maximum atomic E-state index is 15.1. The number of aromatic nitrogens is 3. The van der Waals surface area contributed by atoms with Crippen LogP contribution in [0.4, 0.5) is 0 Å². The predicted octanol–water partition coefficient (Wildman–Crippen LogP) is 5.92. The van der Waals surface area contributed by atoms with Crippen molar-refractivity contribution in [1.29, 1.82) is 0 Å². The van der Waals surface area contributed by atoms with Gasteiger partial charge in [0.1, 0.15) is 15.3 Å². The zero-order chi connectivity index (χ0) is 30.8. The van der Waals surface area contributed by atoms with Gasteiger partial charge in [-0.2, -0.15) is 8.42 Å². The van der Waals surface area contributed by atoms with Crippen molar-refractivity contribution >= 4 is 30.7 Å². The first kappa shape index (κ1) is 29.9. The smallest absolute Gasteiger partial charge is 0.336 e. The molecule has 0 spiro atoms. The number of unbranched alkanes of at least 4 members (excludes halogenated alkanes) is 2. The van der Waals surface area contributed by atoms with Crippen LogP contribution in [0.2, 0.25) is 0 Å². The summed E-state index contributed by atoms with van der Waals surface area (Å²) in [5, 5.41) is 9.34. The molecule has 0 amide bonds. The molecule has 0 aliphatic heterocycles. The topological polar surface area (TPSA) is 124 Å². The molecule has 0 fully saturated rings. The molecule has 220 valence electrons. The van der Waals surface area contributed by atoms with E-state index in [0.29, 0.717) is 42.6 Å². The van der Waals surface area contributed by atoms with Gasteiger partial charge < -0.3 is 4.42 Å². The number of hydrogen-bond donors (Lipinski definition) is 0. The maximum Gasteiger partial charge on any atom is 0.336 e. The third-order valence-corrected chi connectivity index (χ3v) is 11.3. The first-order valence-corrected chi connectivity index (χ1v) is 16.6. The standard InChI is InChI=1S/C32H30N4O5S2/c1-5-6-7-8-9-29-32(33-34-36(29)25-14-19-28-24(4)20-31(37)41-30(28)21-25)42(38,26-15-10-22(2)11-16-26)35-43(39,40)27-17-12-23(3)13-18-27/h1,10-21H,6-9H2,2-4H3. The average Bonchev–Trinajstić information content (AvgIpc) is 3.40. The van der Waals surface area contributed by atoms with Gasteiger partial charge in [0, 0.05) is 23.9 Å². The summed E-state index contributed by atoms with van der Waals surface area (Å²) in [7, 11) is -8.25. The molecule has 5 rings (SSSR count). The van der Waals surface area contributed by atoms with E-state index in [0.717, 1.165) is 22.1 Å². The molecule has 0 saturated heterocycles. The molecule has 1 atom stereocenters. The highest BCUT2D eigenvalue weighted by atomic mass is 32.3. The van der Waals surface area contributed by atoms with E-state index >= 15 is 4.21 Å². The van der Waals surface area contributed by atoms with Crippen molar-refractivity contribution in [3.05, 3.63) is 106 Å². The summed E-state index contributed by atoms with van der Waals surface area (Å²) in [6.07, 6.45) is 7.61. The Balaban J connectivity index is 1.77. The molecule has 0 aliphatic rings. The summed E-state index contributed by atoms with van der Waals surface area (Å²) < 4.78 is 53.3. The number of sulfonamides is 1. The van der Waals surface area contributed by atoms with Gasteiger partial charge in [-0.25, -0.2) is 13.7 Å². The van der Waals surface area contributed by atoms with Crippen molar-refractivity contribution in [1.82, 2.24) is 15.0 Å². The fraction of sp³-hybridized carbons (Fsp3) is 0.219. The van der Waals surface area contributed by atoms with Gasteiger partial charge in [-0.15, -0.1) is 17.4 Å². The maximum absolute atomic E-state index is 15.1. The van der Waals surface area contributed by atoms with Crippen LogP contribution in [0.5, 0.6) is 0 Å². The number of nitrogens with zero attached hydrogens (tertiary/aromatic N) is 4. The number of aryl methyl sites for hydroxylation is 3. The molecule has 0 aliphatic carbocycles. The van der Waals surface area contributed by atoms with Gasteiger partial charge in [0.05, 0.1) is 21.2 Å². The molecule has 1 unspecified atom stereocenters. The minimum Gasteiger partial charge on any atom is -0.423 e. The minimum atomic E-state index is -4.38. The van der Waals surface area contributed by atoms with Gasteiger partial charge in [-0.3, -0.25) is 0 Å². The highest BCUT2D eigenvalue weighted by molar-refractivity contribution is 8.03. The fourth-order valence-corrected chi connectivity index (χ4v) is 8.63. The molecule has 2 heterocycles. The Kier molecular flexibility index (Phi) is 8.35. The first-order valence-electron chi connectivity index (χ1n) is 13.6. The van der Waals surface area contributed by atoms with E-state index in [-0.39, 0.29) is 14.8 Å². The monoisotopic (exact) mass is 614 g/mol. The van der Waals surface area contributed by atoms with Crippen LogP contribution in [0.15, 0.2) is 101 Å². The number of rotatable bonds is 9. The minimum absolute atomic E-state index is 0.0569. The molecule has 0 N–H and O–H groups in total. The second-order valence-electron chi connectivity index (χ2n) is 10.3. The molecule has 11 heteroatoms. The third kappa shape index (κ3) is 6.16. The summed E-state index contributed by atoms with van der Waals surface area (Å²) in [5.41, 5.74) is 3.31.